The standard InChI is InChI=1S/C7H6O3/c1-2-5-3-6(8)10-7(9)4-5/h1,5H,3-4H2. The number of rotatable bonds is 0. The van der Waals surface area contributed by atoms with E-state index >= 15 is 0 Å². The van der Waals surface area contributed by atoms with Crippen molar-refractivity contribution in [3.63, 3.8) is 0 Å². The summed E-state index contributed by atoms with van der Waals surface area (Å²) in [5, 5.41) is 0. The van der Waals surface area contributed by atoms with Crippen molar-refractivity contribution < 1.29 is 14.3 Å². The minimum Gasteiger partial charge on any atom is -0.393 e. The molecule has 0 unspecified atom stereocenters. The quantitative estimate of drug-likeness (QED) is 0.271. The maximum atomic E-state index is 10.5. The maximum absolute atomic E-state index is 10.5. The van der Waals surface area contributed by atoms with Crippen LogP contribution in [-0.4, -0.2) is 11.9 Å². The van der Waals surface area contributed by atoms with Gasteiger partial charge >= 0.3 is 11.9 Å². The van der Waals surface area contributed by atoms with Gasteiger partial charge in [0.15, 0.2) is 0 Å². The molecule has 0 aliphatic carbocycles. The van der Waals surface area contributed by atoms with E-state index in [9.17, 15) is 9.59 Å². The van der Waals surface area contributed by atoms with E-state index in [0.29, 0.717) is 0 Å². The van der Waals surface area contributed by atoms with E-state index in [1.165, 1.54) is 0 Å². The van der Waals surface area contributed by atoms with Crippen molar-refractivity contribution in [1.82, 2.24) is 0 Å². The van der Waals surface area contributed by atoms with Gasteiger partial charge < -0.3 is 4.74 Å². The molecule has 0 aromatic heterocycles. The van der Waals surface area contributed by atoms with Gasteiger partial charge in [-0.2, -0.15) is 0 Å². The first-order valence-corrected chi connectivity index (χ1v) is 2.92. The van der Waals surface area contributed by atoms with E-state index < -0.39 is 11.9 Å². The molecule has 1 aliphatic rings. The van der Waals surface area contributed by atoms with E-state index in [1.54, 1.807) is 0 Å². The largest absolute Gasteiger partial charge is 0.393 e. The van der Waals surface area contributed by atoms with Gasteiger partial charge in [-0.3, -0.25) is 9.59 Å². The molecule has 1 rings (SSSR count). The number of carbonyl (C=O) groups excluding carboxylic acids is 2. The summed E-state index contributed by atoms with van der Waals surface area (Å²) in [5.74, 6) is 1.06. The molecule has 0 spiro atoms. The Morgan fingerprint density at radius 1 is 1.40 bits per heavy atom. The molecule has 10 heavy (non-hydrogen) atoms. The number of hydrogen-bond donors (Lipinski definition) is 0. The van der Waals surface area contributed by atoms with Crippen LogP contribution in [0.15, 0.2) is 0 Å². The highest BCUT2D eigenvalue weighted by molar-refractivity contribution is 5.88. The predicted molar refractivity (Wildman–Crippen MR) is 32.7 cm³/mol. The normalized spacial score (nSPS) is 19.9. The zero-order valence-electron chi connectivity index (χ0n) is 5.29. The Kier molecular flexibility index (Phi) is 1.72. The molecule has 0 aromatic carbocycles. The van der Waals surface area contributed by atoms with Gasteiger partial charge in [-0.1, -0.05) is 0 Å². The molecule has 0 amide bonds. The summed E-state index contributed by atoms with van der Waals surface area (Å²) in [6.45, 7) is 0. The molecule has 52 valence electrons. The third kappa shape index (κ3) is 1.35. The summed E-state index contributed by atoms with van der Waals surface area (Å²) in [4.78, 5) is 21.0. The van der Waals surface area contributed by atoms with Crippen LogP contribution in [0.4, 0.5) is 0 Å². The number of hydrogen-bond acceptors (Lipinski definition) is 3. The van der Waals surface area contributed by atoms with E-state index in [-0.39, 0.29) is 18.8 Å². The number of carbonyl (C=O) groups is 2. The van der Waals surface area contributed by atoms with Crippen LogP contribution < -0.4 is 0 Å². The lowest BCUT2D eigenvalue weighted by atomic mass is 10.0. The molecule has 1 saturated heterocycles. The second kappa shape index (κ2) is 2.53. The van der Waals surface area contributed by atoms with Crippen LogP contribution in [0.3, 0.4) is 0 Å². The van der Waals surface area contributed by atoms with Crippen molar-refractivity contribution in [2.45, 2.75) is 12.8 Å². The molecule has 0 aromatic rings. The molecule has 1 aliphatic heterocycles. The lowest BCUT2D eigenvalue weighted by Gasteiger charge is -2.13. The molecule has 3 nitrogen and oxygen atoms in total. The molecule has 0 radical (unpaired) electrons. The maximum Gasteiger partial charge on any atom is 0.314 e. The molecule has 1 heterocycles. The van der Waals surface area contributed by atoms with Gasteiger partial charge in [0.1, 0.15) is 0 Å². The lowest BCUT2D eigenvalue weighted by Crippen LogP contribution is -2.24. The van der Waals surface area contributed by atoms with E-state index in [4.69, 9.17) is 6.42 Å². The summed E-state index contributed by atoms with van der Waals surface area (Å²) in [6.07, 6.45) is 5.36. The Bertz CT molecular complexity index is 195. The predicted octanol–water partition coefficient (Wildman–Crippen LogP) is 0.0994. The highest BCUT2D eigenvalue weighted by Gasteiger charge is 2.25. The van der Waals surface area contributed by atoms with Crippen molar-refractivity contribution in [3.8, 4) is 12.3 Å². The Balaban J connectivity index is 2.61. The number of ether oxygens (including phenoxy) is 1. The fourth-order valence-corrected chi connectivity index (χ4v) is 0.803. The monoisotopic (exact) mass is 138 g/mol. The van der Waals surface area contributed by atoms with E-state index in [0.717, 1.165) is 0 Å². The first-order valence-electron chi connectivity index (χ1n) is 2.92. The van der Waals surface area contributed by atoms with Crippen molar-refractivity contribution >= 4 is 11.9 Å². The second-order valence-electron chi connectivity index (χ2n) is 2.12. The topological polar surface area (TPSA) is 43.4 Å². The Labute approximate surface area is 58.4 Å². The highest BCUT2D eigenvalue weighted by Crippen LogP contribution is 2.14. The fraction of sp³-hybridized carbons (Fsp3) is 0.429. The zero-order chi connectivity index (χ0) is 7.56. The van der Waals surface area contributed by atoms with Crippen LogP contribution in [0.25, 0.3) is 0 Å². The zero-order valence-corrected chi connectivity index (χ0v) is 5.29. The molecule has 0 saturated carbocycles. The van der Waals surface area contributed by atoms with Gasteiger partial charge in [-0.15, -0.1) is 12.3 Å². The SMILES string of the molecule is C#CC1CC(=O)OC(=O)C1. The second-order valence-corrected chi connectivity index (χ2v) is 2.12. The summed E-state index contributed by atoms with van der Waals surface area (Å²) in [7, 11) is 0. The molecule has 0 bridgehead atoms. The van der Waals surface area contributed by atoms with Crippen molar-refractivity contribution in [1.29, 1.82) is 0 Å². The Morgan fingerprint density at radius 2 is 1.90 bits per heavy atom. The van der Waals surface area contributed by atoms with Crippen LogP contribution in [0.1, 0.15) is 12.8 Å². The first kappa shape index (κ1) is 6.81. The summed E-state index contributed by atoms with van der Waals surface area (Å²) < 4.78 is 4.24. The van der Waals surface area contributed by atoms with Gasteiger partial charge in [0.25, 0.3) is 0 Å². The van der Waals surface area contributed by atoms with Gasteiger partial charge in [-0.25, -0.2) is 0 Å². The molecular formula is C7H6O3. The minimum absolute atomic E-state index is 0.169. The summed E-state index contributed by atoms with van der Waals surface area (Å²) in [5.41, 5.74) is 0. The average Bonchev–Trinajstić information content (AvgIpc) is 1.85. The first-order chi connectivity index (χ1) is 4.72. The fourth-order valence-electron chi connectivity index (χ4n) is 0.803. The molecule has 3 heteroatoms. The van der Waals surface area contributed by atoms with Crippen LogP contribution in [-0.2, 0) is 14.3 Å². The number of esters is 2. The molecule has 0 atom stereocenters. The molecular weight excluding hydrogens is 132 g/mol. The minimum atomic E-state index is -0.515. The number of cyclic esters (lactones) is 2. The lowest BCUT2D eigenvalue weighted by molar-refractivity contribution is -0.164. The van der Waals surface area contributed by atoms with Gasteiger partial charge in [0.2, 0.25) is 0 Å². The van der Waals surface area contributed by atoms with Crippen molar-refractivity contribution in [2.24, 2.45) is 5.92 Å². The van der Waals surface area contributed by atoms with Crippen LogP contribution >= 0.6 is 0 Å². The Morgan fingerprint density at radius 3 is 2.30 bits per heavy atom. The summed E-state index contributed by atoms with van der Waals surface area (Å²) >= 11 is 0. The van der Waals surface area contributed by atoms with Crippen molar-refractivity contribution in [3.05, 3.63) is 0 Å². The molecule has 0 N–H and O–H groups in total. The van der Waals surface area contributed by atoms with Crippen LogP contribution in [0.5, 0.6) is 0 Å². The third-order valence-corrected chi connectivity index (χ3v) is 1.29. The van der Waals surface area contributed by atoms with E-state index in [2.05, 4.69) is 10.7 Å². The summed E-state index contributed by atoms with van der Waals surface area (Å²) in [6, 6.07) is 0. The molecule has 1 fully saturated rings. The smallest absolute Gasteiger partial charge is 0.314 e. The van der Waals surface area contributed by atoms with Gasteiger partial charge in [0, 0.05) is 5.92 Å². The van der Waals surface area contributed by atoms with Crippen LogP contribution in [0.2, 0.25) is 0 Å². The van der Waals surface area contributed by atoms with E-state index in [1.807, 2.05) is 0 Å². The van der Waals surface area contributed by atoms with Crippen molar-refractivity contribution in [2.75, 3.05) is 0 Å². The highest BCUT2D eigenvalue weighted by atomic mass is 16.6. The van der Waals surface area contributed by atoms with Gasteiger partial charge in [-0.05, 0) is 0 Å². The third-order valence-electron chi connectivity index (χ3n) is 1.29. The van der Waals surface area contributed by atoms with Gasteiger partial charge in [0.05, 0.1) is 12.8 Å². The van der Waals surface area contributed by atoms with Crippen LogP contribution in [0, 0.1) is 18.3 Å². The Hall–Kier alpha value is -1.30. The number of terminal acetylenes is 1. The average molecular weight is 138 g/mol.